The molecule has 1 nitrogen and oxygen atoms in total. The fraction of sp³-hybridized carbons (Fsp3) is 0.118. The van der Waals surface area contributed by atoms with Gasteiger partial charge in [-0.15, -0.1) is 11.8 Å². The molecule has 0 spiro atoms. The Morgan fingerprint density at radius 2 is 1.95 bits per heavy atom. The summed E-state index contributed by atoms with van der Waals surface area (Å²) in [7, 11) is 0. The molecule has 2 unspecified atom stereocenters. The third-order valence-corrected chi connectivity index (χ3v) is 5.01. The van der Waals surface area contributed by atoms with Gasteiger partial charge in [0.2, 0.25) is 0 Å². The van der Waals surface area contributed by atoms with Gasteiger partial charge in [0, 0.05) is 27.8 Å². The van der Waals surface area contributed by atoms with Gasteiger partial charge >= 0.3 is 0 Å². The van der Waals surface area contributed by atoms with Crippen LogP contribution in [0.1, 0.15) is 11.5 Å². The van der Waals surface area contributed by atoms with E-state index in [0.717, 1.165) is 5.69 Å². The lowest BCUT2D eigenvalue weighted by Gasteiger charge is -2.14. The summed E-state index contributed by atoms with van der Waals surface area (Å²) in [5, 5.41) is 0.569. The highest BCUT2D eigenvalue weighted by molar-refractivity contribution is 8.00. The van der Waals surface area contributed by atoms with Crippen LogP contribution in [0.3, 0.4) is 0 Å². The summed E-state index contributed by atoms with van der Waals surface area (Å²) in [6, 6.07) is 12.8. The molecule has 2 heteroatoms. The van der Waals surface area contributed by atoms with E-state index in [4.69, 9.17) is 0 Å². The third-order valence-electron chi connectivity index (χ3n) is 3.68. The highest BCUT2D eigenvalue weighted by Gasteiger charge is 2.30. The highest BCUT2D eigenvalue weighted by atomic mass is 32.2. The zero-order valence-electron chi connectivity index (χ0n) is 10.4. The van der Waals surface area contributed by atoms with E-state index in [1.807, 2.05) is 30.1 Å². The van der Waals surface area contributed by atoms with Crippen molar-refractivity contribution in [1.29, 1.82) is 0 Å². The van der Waals surface area contributed by atoms with Crippen LogP contribution in [-0.2, 0) is 0 Å². The molecular formula is C17H13NS. The number of fused-ring (bicyclic) bond motifs is 3. The molecular weight excluding hydrogens is 250 g/mol. The van der Waals surface area contributed by atoms with Gasteiger partial charge < -0.3 is 0 Å². The van der Waals surface area contributed by atoms with Crippen LogP contribution in [0.25, 0.3) is 11.3 Å². The minimum absolute atomic E-state index is 0.544. The summed E-state index contributed by atoms with van der Waals surface area (Å²) < 4.78 is 0. The van der Waals surface area contributed by atoms with Crippen LogP contribution in [-0.4, -0.2) is 10.2 Å². The molecule has 0 saturated heterocycles. The number of hydrogen-bond donors (Lipinski definition) is 0. The molecule has 2 atom stereocenters. The van der Waals surface area contributed by atoms with E-state index in [1.54, 1.807) is 0 Å². The van der Waals surface area contributed by atoms with Crippen molar-refractivity contribution in [3.8, 4) is 11.3 Å². The zero-order chi connectivity index (χ0) is 12.7. The molecule has 2 heterocycles. The van der Waals surface area contributed by atoms with Gasteiger partial charge in [0.1, 0.15) is 0 Å². The van der Waals surface area contributed by atoms with Crippen LogP contribution >= 0.6 is 11.8 Å². The number of allylic oxidation sites excluding steroid dienone is 3. The van der Waals surface area contributed by atoms with Crippen LogP contribution in [0.15, 0.2) is 71.8 Å². The molecule has 1 aromatic heterocycles. The van der Waals surface area contributed by atoms with Gasteiger partial charge in [0.15, 0.2) is 0 Å². The van der Waals surface area contributed by atoms with Crippen LogP contribution in [0, 0.1) is 0 Å². The number of rotatable bonds is 1. The zero-order valence-corrected chi connectivity index (χ0v) is 11.2. The van der Waals surface area contributed by atoms with Crippen molar-refractivity contribution in [1.82, 2.24) is 4.98 Å². The topological polar surface area (TPSA) is 12.9 Å². The van der Waals surface area contributed by atoms with Crippen molar-refractivity contribution in [3.05, 3.63) is 72.5 Å². The Hall–Kier alpha value is -1.80. The van der Waals surface area contributed by atoms with Crippen molar-refractivity contribution in [2.24, 2.45) is 0 Å². The van der Waals surface area contributed by atoms with Gasteiger partial charge in [0.25, 0.3) is 0 Å². The lowest BCUT2D eigenvalue weighted by atomic mass is 9.92. The Bertz CT molecular complexity index is 673. The molecule has 0 radical (unpaired) electrons. The largest absolute Gasteiger partial charge is 0.256 e. The maximum absolute atomic E-state index is 4.43. The van der Waals surface area contributed by atoms with E-state index in [-0.39, 0.29) is 0 Å². The van der Waals surface area contributed by atoms with Gasteiger partial charge in [-0.25, -0.2) is 0 Å². The summed E-state index contributed by atoms with van der Waals surface area (Å²) in [6.07, 6.45) is 10.8. The Morgan fingerprint density at radius 1 is 1.00 bits per heavy atom. The van der Waals surface area contributed by atoms with E-state index in [2.05, 4.69) is 53.6 Å². The standard InChI is InChI=1S/C17H13NS/c1-2-7-16-13(5-1)14-9-8-12(11-17(14)19-16)15-6-3-4-10-18-15/h1-11,13,16H. The maximum atomic E-state index is 4.43. The number of aromatic nitrogens is 1. The normalized spacial score (nSPS) is 23.2. The van der Waals surface area contributed by atoms with Gasteiger partial charge in [-0.3, -0.25) is 4.98 Å². The number of nitrogens with zero attached hydrogens (tertiary/aromatic N) is 1. The van der Waals surface area contributed by atoms with Gasteiger partial charge in [-0.1, -0.05) is 42.5 Å². The van der Waals surface area contributed by atoms with Crippen molar-refractivity contribution in [3.63, 3.8) is 0 Å². The van der Waals surface area contributed by atoms with E-state index >= 15 is 0 Å². The Morgan fingerprint density at radius 3 is 2.84 bits per heavy atom. The van der Waals surface area contributed by atoms with Gasteiger partial charge in [-0.2, -0.15) is 0 Å². The van der Waals surface area contributed by atoms with Crippen LogP contribution in [0.4, 0.5) is 0 Å². The SMILES string of the molecule is C1=CC2Sc3cc(-c4ccccn4)ccc3C2C=C1. The predicted molar refractivity (Wildman–Crippen MR) is 80.3 cm³/mol. The highest BCUT2D eigenvalue weighted by Crippen LogP contribution is 2.48. The molecule has 1 aliphatic heterocycles. The Balaban J connectivity index is 1.77. The summed E-state index contributed by atoms with van der Waals surface area (Å²) in [6.45, 7) is 0. The molecule has 0 saturated carbocycles. The molecule has 1 aromatic carbocycles. The first-order valence-corrected chi connectivity index (χ1v) is 7.37. The molecule has 0 N–H and O–H groups in total. The molecule has 0 bridgehead atoms. The Kier molecular flexibility index (Phi) is 2.56. The second-order valence-electron chi connectivity index (χ2n) is 4.85. The molecule has 0 amide bonds. The van der Waals surface area contributed by atoms with Crippen molar-refractivity contribution >= 4 is 11.8 Å². The van der Waals surface area contributed by atoms with E-state index in [1.165, 1.54) is 16.0 Å². The molecule has 92 valence electrons. The molecule has 4 rings (SSSR count). The van der Waals surface area contributed by atoms with Crippen LogP contribution in [0.2, 0.25) is 0 Å². The van der Waals surface area contributed by atoms with Crippen molar-refractivity contribution < 1.29 is 0 Å². The molecule has 2 aromatic rings. The lowest BCUT2D eigenvalue weighted by molar-refractivity contribution is 0.881. The summed E-state index contributed by atoms with van der Waals surface area (Å²) >= 11 is 1.96. The van der Waals surface area contributed by atoms with Crippen molar-refractivity contribution in [2.45, 2.75) is 16.1 Å². The van der Waals surface area contributed by atoms with E-state index in [0.29, 0.717) is 11.2 Å². The molecule has 1 aliphatic carbocycles. The van der Waals surface area contributed by atoms with Crippen LogP contribution < -0.4 is 0 Å². The summed E-state index contributed by atoms with van der Waals surface area (Å²) in [5.74, 6) is 0.544. The quantitative estimate of drug-likeness (QED) is 0.754. The maximum Gasteiger partial charge on any atom is 0.0702 e. The monoisotopic (exact) mass is 263 g/mol. The molecule has 0 fully saturated rings. The first-order valence-electron chi connectivity index (χ1n) is 6.49. The first-order chi connectivity index (χ1) is 9.42. The lowest BCUT2D eigenvalue weighted by Crippen LogP contribution is -2.06. The van der Waals surface area contributed by atoms with Crippen molar-refractivity contribution in [2.75, 3.05) is 0 Å². The minimum Gasteiger partial charge on any atom is -0.256 e. The Labute approximate surface area is 117 Å². The second kappa shape index (κ2) is 4.39. The number of thioether (sulfide) groups is 1. The fourth-order valence-electron chi connectivity index (χ4n) is 2.73. The van der Waals surface area contributed by atoms with Gasteiger partial charge in [-0.05, 0) is 23.8 Å². The van der Waals surface area contributed by atoms with E-state index in [9.17, 15) is 0 Å². The number of hydrogen-bond acceptors (Lipinski definition) is 2. The third kappa shape index (κ3) is 1.83. The average molecular weight is 263 g/mol. The second-order valence-corrected chi connectivity index (χ2v) is 6.07. The smallest absolute Gasteiger partial charge is 0.0702 e. The van der Waals surface area contributed by atoms with Crippen LogP contribution in [0.5, 0.6) is 0 Å². The molecule has 19 heavy (non-hydrogen) atoms. The first kappa shape index (κ1) is 11.1. The number of pyridine rings is 1. The minimum atomic E-state index is 0.544. The predicted octanol–water partition coefficient (Wildman–Crippen LogP) is 4.43. The average Bonchev–Trinajstić information content (AvgIpc) is 2.86. The molecule has 2 aliphatic rings. The van der Waals surface area contributed by atoms with Gasteiger partial charge in [0.05, 0.1) is 5.69 Å². The van der Waals surface area contributed by atoms with E-state index < -0.39 is 0 Å². The fourth-order valence-corrected chi connectivity index (χ4v) is 4.11. The summed E-state index contributed by atoms with van der Waals surface area (Å²) in [4.78, 5) is 5.83. The summed E-state index contributed by atoms with van der Waals surface area (Å²) in [5.41, 5.74) is 3.71. The number of benzene rings is 1.